The predicted octanol–water partition coefficient (Wildman–Crippen LogP) is 2.46. The summed E-state index contributed by atoms with van der Waals surface area (Å²) >= 11 is 5.40. The van der Waals surface area contributed by atoms with Gasteiger partial charge >= 0.3 is 0 Å². The lowest BCUT2D eigenvalue weighted by Gasteiger charge is -2.31. The molecule has 0 bridgehead atoms. The molecule has 1 saturated heterocycles. The number of aryl methyl sites for hydroxylation is 2. The van der Waals surface area contributed by atoms with E-state index in [-0.39, 0.29) is 6.10 Å². The van der Waals surface area contributed by atoms with E-state index in [1.807, 2.05) is 6.07 Å². The summed E-state index contributed by atoms with van der Waals surface area (Å²) in [5.74, 6) is 0. The first-order chi connectivity index (χ1) is 8.56. The van der Waals surface area contributed by atoms with Gasteiger partial charge in [0, 0.05) is 18.8 Å². The zero-order valence-electron chi connectivity index (χ0n) is 10.9. The van der Waals surface area contributed by atoms with Gasteiger partial charge in [-0.05, 0) is 62.2 Å². The van der Waals surface area contributed by atoms with Crippen molar-refractivity contribution in [2.24, 2.45) is 0 Å². The van der Waals surface area contributed by atoms with Crippen molar-refractivity contribution >= 4 is 23.0 Å². The number of aliphatic hydroxyl groups is 1. The molecule has 98 valence electrons. The molecular weight excluding hydrogens is 244 g/mol. The molecule has 0 spiro atoms. The molecule has 0 unspecified atom stereocenters. The Hall–Kier alpha value is -1.13. The molecule has 1 aliphatic heterocycles. The van der Waals surface area contributed by atoms with Crippen LogP contribution in [0.2, 0.25) is 0 Å². The van der Waals surface area contributed by atoms with E-state index >= 15 is 0 Å². The Labute approximate surface area is 114 Å². The molecule has 1 heterocycles. The molecule has 1 aliphatic rings. The maximum Gasteiger partial charge on any atom is 0.173 e. The minimum atomic E-state index is -0.161. The Balaban J connectivity index is 1.96. The van der Waals surface area contributed by atoms with E-state index in [2.05, 4.69) is 36.2 Å². The van der Waals surface area contributed by atoms with Crippen molar-refractivity contribution in [2.75, 3.05) is 18.4 Å². The van der Waals surface area contributed by atoms with Gasteiger partial charge in [-0.1, -0.05) is 6.07 Å². The van der Waals surface area contributed by atoms with Gasteiger partial charge in [0.15, 0.2) is 5.11 Å². The Morgan fingerprint density at radius 3 is 2.56 bits per heavy atom. The number of benzene rings is 1. The van der Waals surface area contributed by atoms with Gasteiger partial charge in [0.05, 0.1) is 6.10 Å². The number of anilines is 1. The lowest BCUT2D eigenvalue weighted by atomic mass is 10.1. The number of hydrogen-bond acceptors (Lipinski definition) is 2. The molecule has 18 heavy (non-hydrogen) atoms. The third-order valence-electron chi connectivity index (χ3n) is 3.51. The minimum Gasteiger partial charge on any atom is -0.393 e. The van der Waals surface area contributed by atoms with Crippen LogP contribution in [0.25, 0.3) is 0 Å². The van der Waals surface area contributed by atoms with Crippen molar-refractivity contribution in [1.82, 2.24) is 4.90 Å². The van der Waals surface area contributed by atoms with Crippen molar-refractivity contribution in [3.63, 3.8) is 0 Å². The average Bonchev–Trinajstić information content (AvgIpc) is 2.34. The Morgan fingerprint density at radius 1 is 1.28 bits per heavy atom. The van der Waals surface area contributed by atoms with Gasteiger partial charge in [0.25, 0.3) is 0 Å². The lowest BCUT2D eigenvalue weighted by Crippen LogP contribution is -2.42. The maximum atomic E-state index is 9.48. The number of piperidine rings is 1. The normalized spacial score (nSPS) is 16.7. The Kier molecular flexibility index (Phi) is 4.19. The van der Waals surface area contributed by atoms with Crippen LogP contribution in [-0.2, 0) is 0 Å². The Morgan fingerprint density at radius 2 is 1.94 bits per heavy atom. The number of likely N-dealkylation sites (tertiary alicyclic amines) is 1. The minimum absolute atomic E-state index is 0.161. The summed E-state index contributed by atoms with van der Waals surface area (Å²) in [6.07, 6.45) is 1.44. The second-order valence-corrected chi connectivity index (χ2v) is 5.33. The summed E-state index contributed by atoms with van der Waals surface area (Å²) in [4.78, 5) is 2.12. The lowest BCUT2D eigenvalue weighted by molar-refractivity contribution is 0.110. The zero-order chi connectivity index (χ0) is 13.1. The molecule has 0 aromatic heterocycles. The standard InChI is InChI=1S/C14H20N2OS/c1-10-3-4-12(9-11(10)2)15-14(18)16-7-5-13(17)6-8-16/h3-4,9,13,17H,5-8H2,1-2H3,(H,15,18). The van der Waals surface area contributed by atoms with Crippen molar-refractivity contribution in [3.05, 3.63) is 29.3 Å². The van der Waals surface area contributed by atoms with Gasteiger partial charge in [-0.3, -0.25) is 0 Å². The Bertz CT molecular complexity index is 439. The smallest absolute Gasteiger partial charge is 0.173 e. The number of thiocarbonyl (C=S) groups is 1. The van der Waals surface area contributed by atoms with Gasteiger partial charge in [-0.15, -0.1) is 0 Å². The molecule has 1 fully saturated rings. The molecule has 3 nitrogen and oxygen atoms in total. The van der Waals surface area contributed by atoms with E-state index < -0.39 is 0 Å². The van der Waals surface area contributed by atoms with Crippen LogP contribution in [0.5, 0.6) is 0 Å². The predicted molar refractivity (Wildman–Crippen MR) is 79.0 cm³/mol. The zero-order valence-corrected chi connectivity index (χ0v) is 11.8. The van der Waals surface area contributed by atoms with Crippen LogP contribution in [0.1, 0.15) is 24.0 Å². The number of aliphatic hydroxyl groups excluding tert-OH is 1. The molecule has 0 aliphatic carbocycles. The fraction of sp³-hybridized carbons (Fsp3) is 0.500. The van der Waals surface area contributed by atoms with E-state index in [0.29, 0.717) is 0 Å². The second-order valence-electron chi connectivity index (χ2n) is 4.95. The monoisotopic (exact) mass is 264 g/mol. The molecule has 4 heteroatoms. The fourth-order valence-corrected chi connectivity index (χ4v) is 2.39. The van der Waals surface area contributed by atoms with Crippen LogP contribution in [0.15, 0.2) is 18.2 Å². The van der Waals surface area contributed by atoms with Crippen molar-refractivity contribution in [1.29, 1.82) is 0 Å². The highest BCUT2D eigenvalue weighted by molar-refractivity contribution is 7.80. The third kappa shape index (κ3) is 3.21. The largest absolute Gasteiger partial charge is 0.393 e. The van der Waals surface area contributed by atoms with E-state index in [1.165, 1.54) is 11.1 Å². The van der Waals surface area contributed by atoms with Crippen LogP contribution < -0.4 is 5.32 Å². The third-order valence-corrected chi connectivity index (χ3v) is 3.87. The number of nitrogens with one attached hydrogen (secondary N) is 1. The van der Waals surface area contributed by atoms with Gasteiger partial charge in [-0.25, -0.2) is 0 Å². The topological polar surface area (TPSA) is 35.5 Å². The van der Waals surface area contributed by atoms with E-state index in [0.717, 1.165) is 36.7 Å². The first-order valence-corrected chi connectivity index (χ1v) is 6.78. The second kappa shape index (κ2) is 5.67. The molecule has 2 N–H and O–H groups in total. The summed E-state index contributed by atoms with van der Waals surface area (Å²) in [6.45, 7) is 5.86. The molecule has 0 saturated carbocycles. The van der Waals surface area contributed by atoms with E-state index in [4.69, 9.17) is 12.2 Å². The van der Waals surface area contributed by atoms with Gasteiger partial charge in [0.2, 0.25) is 0 Å². The summed E-state index contributed by atoms with van der Waals surface area (Å²) in [7, 11) is 0. The van der Waals surface area contributed by atoms with E-state index in [1.54, 1.807) is 0 Å². The number of nitrogens with zero attached hydrogens (tertiary/aromatic N) is 1. The number of hydrogen-bond donors (Lipinski definition) is 2. The summed E-state index contributed by atoms with van der Waals surface area (Å²) in [5.41, 5.74) is 3.58. The van der Waals surface area contributed by atoms with Gasteiger partial charge in [0.1, 0.15) is 0 Å². The SMILES string of the molecule is Cc1ccc(NC(=S)N2CCC(O)CC2)cc1C. The summed E-state index contributed by atoms with van der Waals surface area (Å²) in [5, 5.41) is 13.5. The van der Waals surface area contributed by atoms with Crippen LogP contribution in [0.4, 0.5) is 5.69 Å². The molecule has 1 aromatic rings. The van der Waals surface area contributed by atoms with Crippen LogP contribution >= 0.6 is 12.2 Å². The highest BCUT2D eigenvalue weighted by Gasteiger charge is 2.18. The van der Waals surface area contributed by atoms with Crippen LogP contribution in [0.3, 0.4) is 0 Å². The summed E-state index contributed by atoms with van der Waals surface area (Å²) in [6, 6.07) is 6.26. The van der Waals surface area contributed by atoms with Crippen molar-refractivity contribution in [2.45, 2.75) is 32.8 Å². The van der Waals surface area contributed by atoms with Gasteiger partial charge in [-0.2, -0.15) is 0 Å². The molecule has 1 aromatic carbocycles. The van der Waals surface area contributed by atoms with Crippen molar-refractivity contribution < 1.29 is 5.11 Å². The highest BCUT2D eigenvalue weighted by atomic mass is 32.1. The van der Waals surface area contributed by atoms with Gasteiger partial charge < -0.3 is 15.3 Å². The molecule has 2 rings (SSSR count). The van der Waals surface area contributed by atoms with E-state index in [9.17, 15) is 5.11 Å². The molecule has 0 atom stereocenters. The molecular formula is C14H20N2OS. The fourth-order valence-electron chi connectivity index (χ4n) is 2.09. The van der Waals surface area contributed by atoms with Crippen LogP contribution in [-0.4, -0.2) is 34.3 Å². The number of rotatable bonds is 1. The quantitative estimate of drug-likeness (QED) is 0.764. The van der Waals surface area contributed by atoms with Crippen LogP contribution in [0, 0.1) is 13.8 Å². The highest BCUT2D eigenvalue weighted by Crippen LogP contribution is 2.16. The maximum absolute atomic E-state index is 9.48. The average molecular weight is 264 g/mol. The van der Waals surface area contributed by atoms with Crippen molar-refractivity contribution in [3.8, 4) is 0 Å². The summed E-state index contributed by atoms with van der Waals surface area (Å²) < 4.78 is 0. The molecule has 0 amide bonds. The first-order valence-electron chi connectivity index (χ1n) is 6.37. The first kappa shape index (κ1) is 13.3. The molecule has 0 radical (unpaired) electrons.